The lowest BCUT2D eigenvalue weighted by atomic mass is 10.2. The maximum absolute atomic E-state index is 12.3. The molecule has 106 valence electrons. The van der Waals surface area contributed by atoms with Gasteiger partial charge in [0.05, 0.1) is 5.39 Å². The number of hydrogen-bond donors (Lipinski definition) is 1. The molecule has 7 nitrogen and oxygen atoms in total. The Balaban J connectivity index is 2.70. The standard InChI is InChI=1S/C12H13IN4O3/c1-2-3-4-20-17-11-7(5-15-6-16-11)9(13)8(10(14)18)12(17)19/h5-6H,2-4H2,1H3,(H2,14,18). The maximum atomic E-state index is 12.3. The van der Waals surface area contributed by atoms with Gasteiger partial charge in [-0.25, -0.2) is 9.97 Å². The first-order chi connectivity index (χ1) is 9.57. The summed E-state index contributed by atoms with van der Waals surface area (Å²) in [5.74, 6) is -0.794. The second-order valence-electron chi connectivity index (χ2n) is 4.10. The summed E-state index contributed by atoms with van der Waals surface area (Å²) in [5.41, 5.74) is 4.91. The van der Waals surface area contributed by atoms with Crippen molar-refractivity contribution in [2.45, 2.75) is 19.8 Å². The smallest absolute Gasteiger partial charge is 0.299 e. The number of rotatable bonds is 5. The largest absolute Gasteiger partial charge is 0.409 e. The van der Waals surface area contributed by atoms with Gasteiger partial charge in [-0.05, 0) is 29.0 Å². The van der Waals surface area contributed by atoms with E-state index in [1.54, 1.807) is 0 Å². The lowest BCUT2D eigenvalue weighted by Crippen LogP contribution is -2.35. The first-order valence-electron chi connectivity index (χ1n) is 6.05. The molecule has 0 fully saturated rings. The van der Waals surface area contributed by atoms with Crippen LogP contribution in [0.25, 0.3) is 11.0 Å². The Kier molecular flexibility index (Phi) is 4.53. The number of primary amides is 1. The van der Waals surface area contributed by atoms with Gasteiger partial charge in [0.2, 0.25) is 0 Å². The van der Waals surface area contributed by atoms with Crippen LogP contribution in [0.5, 0.6) is 0 Å². The van der Waals surface area contributed by atoms with Gasteiger partial charge >= 0.3 is 0 Å². The van der Waals surface area contributed by atoms with Gasteiger partial charge in [-0.2, -0.15) is 0 Å². The summed E-state index contributed by atoms with van der Waals surface area (Å²) in [7, 11) is 0. The number of nitrogens with two attached hydrogens (primary N) is 1. The minimum atomic E-state index is -0.794. The molecule has 20 heavy (non-hydrogen) atoms. The third kappa shape index (κ3) is 2.60. The Hall–Kier alpha value is -1.71. The lowest BCUT2D eigenvalue weighted by Gasteiger charge is -2.13. The molecule has 0 saturated heterocycles. The van der Waals surface area contributed by atoms with E-state index in [-0.39, 0.29) is 5.56 Å². The van der Waals surface area contributed by atoms with Gasteiger partial charge in [0.25, 0.3) is 11.5 Å². The zero-order chi connectivity index (χ0) is 14.7. The average Bonchev–Trinajstić information content (AvgIpc) is 2.42. The van der Waals surface area contributed by atoms with Crippen LogP contribution in [0, 0.1) is 3.57 Å². The Morgan fingerprint density at radius 3 is 2.95 bits per heavy atom. The first-order valence-corrected chi connectivity index (χ1v) is 7.13. The lowest BCUT2D eigenvalue weighted by molar-refractivity contribution is 0.0962. The predicted octanol–water partition coefficient (Wildman–Crippen LogP) is 0.724. The van der Waals surface area contributed by atoms with Gasteiger partial charge in [0.1, 0.15) is 18.5 Å². The summed E-state index contributed by atoms with van der Waals surface area (Å²) in [6, 6.07) is 0. The van der Waals surface area contributed by atoms with Crippen LogP contribution in [0.2, 0.25) is 0 Å². The van der Waals surface area contributed by atoms with Crippen LogP contribution in [0.3, 0.4) is 0 Å². The SMILES string of the molecule is CCCCOn1c(=O)c(C(N)=O)c(I)c2cncnc21. The summed E-state index contributed by atoms with van der Waals surface area (Å²) in [5, 5.41) is 0.554. The van der Waals surface area contributed by atoms with E-state index in [2.05, 4.69) is 9.97 Å². The molecule has 0 spiro atoms. The minimum absolute atomic E-state index is 0.107. The van der Waals surface area contributed by atoms with Gasteiger partial charge in [-0.1, -0.05) is 13.3 Å². The van der Waals surface area contributed by atoms with Crippen molar-refractivity contribution in [2.75, 3.05) is 6.61 Å². The highest BCUT2D eigenvalue weighted by Gasteiger charge is 2.20. The molecule has 2 aromatic heterocycles. The minimum Gasteiger partial charge on any atom is -0.409 e. The monoisotopic (exact) mass is 388 g/mol. The fourth-order valence-electron chi connectivity index (χ4n) is 1.70. The molecule has 2 N–H and O–H groups in total. The normalized spacial score (nSPS) is 10.7. The highest BCUT2D eigenvalue weighted by atomic mass is 127. The zero-order valence-corrected chi connectivity index (χ0v) is 13.0. The molecule has 2 aromatic rings. The van der Waals surface area contributed by atoms with Crippen LogP contribution < -0.4 is 16.1 Å². The van der Waals surface area contributed by atoms with Crippen LogP contribution in [-0.2, 0) is 0 Å². The van der Waals surface area contributed by atoms with E-state index in [1.807, 2.05) is 29.5 Å². The van der Waals surface area contributed by atoms with Crippen molar-refractivity contribution in [3.63, 3.8) is 0 Å². The maximum Gasteiger partial charge on any atom is 0.299 e. The van der Waals surface area contributed by atoms with E-state index in [4.69, 9.17) is 10.6 Å². The van der Waals surface area contributed by atoms with Crippen molar-refractivity contribution in [1.82, 2.24) is 14.7 Å². The first kappa shape index (κ1) is 14.7. The summed E-state index contributed by atoms with van der Waals surface area (Å²) in [4.78, 5) is 37.2. The number of nitrogens with zero attached hydrogens (tertiary/aromatic N) is 3. The van der Waals surface area contributed by atoms with Crippen LogP contribution in [-0.4, -0.2) is 27.2 Å². The molecule has 0 aromatic carbocycles. The highest BCUT2D eigenvalue weighted by Crippen LogP contribution is 2.18. The quantitative estimate of drug-likeness (QED) is 0.601. The van der Waals surface area contributed by atoms with Crippen LogP contribution in [0.1, 0.15) is 30.1 Å². The fourth-order valence-corrected chi connectivity index (χ4v) is 2.58. The van der Waals surface area contributed by atoms with Crippen molar-refractivity contribution in [2.24, 2.45) is 5.73 Å². The molecule has 0 aliphatic rings. The van der Waals surface area contributed by atoms with E-state index < -0.39 is 11.5 Å². The van der Waals surface area contributed by atoms with Gasteiger partial charge in [0.15, 0.2) is 5.65 Å². The van der Waals surface area contributed by atoms with E-state index in [1.165, 1.54) is 12.5 Å². The van der Waals surface area contributed by atoms with E-state index in [0.717, 1.165) is 17.6 Å². The molecule has 8 heteroatoms. The van der Waals surface area contributed by atoms with Gasteiger partial charge in [-0.15, -0.1) is 4.73 Å². The molecule has 2 rings (SSSR count). The third-order valence-corrected chi connectivity index (χ3v) is 3.82. The van der Waals surface area contributed by atoms with Crippen LogP contribution >= 0.6 is 22.6 Å². The van der Waals surface area contributed by atoms with Gasteiger partial charge in [-0.3, -0.25) is 9.59 Å². The Morgan fingerprint density at radius 1 is 1.55 bits per heavy atom. The molecule has 0 atom stereocenters. The summed E-state index contributed by atoms with van der Waals surface area (Å²) in [6.07, 6.45) is 4.56. The van der Waals surface area contributed by atoms with Crippen molar-refractivity contribution < 1.29 is 9.63 Å². The Labute approximate surface area is 128 Å². The van der Waals surface area contributed by atoms with Crippen molar-refractivity contribution in [1.29, 1.82) is 0 Å². The number of halogens is 1. The van der Waals surface area contributed by atoms with Crippen molar-refractivity contribution in [3.8, 4) is 0 Å². The number of amides is 1. The number of hydrogen-bond acceptors (Lipinski definition) is 5. The van der Waals surface area contributed by atoms with E-state index >= 15 is 0 Å². The van der Waals surface area contributed by atoms with E-state index in [9.17, 15) is 9.59 Å². The number of unbranched alkanes of at least 4 members (excludes halogenated alkanes) is 1. The fraction of sp³-hybridized carbons (Fsp3) is 0.333. The molecule has 0 unspecified atom stereocenters. The average molecular weight is 388 g/mol. The molecule has 0 aliphatic carbocycles. The summed E-state index contributed by atoms with van der Waals surface area (Å²) in [6.45, 7) is 2.36. The van der Waals surface area contributed by atoms with Crippen LogP contribution in [0.4, 0.5) is 0 Å². The summed E-state index contributed by atoms with van der Waals surface area (Å²) >= 11 is 1.89. The Morgan fingerprint density at radius 2 is 2.30 bits per heavy atom. The molecule has 2 heterocycles. The van der Waals surface area contributed by atoms with E-state index in [0.29, 0.717) is 21.2 Å². The molecule has 1 amide bonds. The van der Waals surface area contributed by atoms with Crippen LogP contribution in [0.15, 0.2) is 17.3 Å². The predicted molar refractivity (Wildman–Crippen MR) is 81.4 cm³/mol. The second kappa shape index (κ2) is 6.16. The zero-order valence-electron chi connectivity index (χ0n) is 10.8. The molecule has 0 bridgehead atoms. The number of carbonyl (C=O) groups excluding carboxylic acids is 1. The number of pyridine rings is 1. The van der Waals surface area contributed by atoms with Crippen molar-refractivity contribution >= 4 is 39.5 Å². The molecular formula is C12H13IN4O3. The molecule has 0 radical (unpaired) electrons. The number of aromatic nitrogens is 3. The number of fused-ring (bicyclic) bond motifs is 1. The Bertz CT molecular complexity index is 714. The number of carbonyl (C=O) groups is 1. The van der Waals surface area contributed by atoms with Gasteiger partial charge in [0, 0.05) is 9.77 Å². The molecule has 0 saturated carbocycles. The van der Waals surface area contributed by atoms with Crippen molar-refractivity contribution in [3.05, 3.63) is 32.0 Å². The molecule has 0 aliphatic heterocycles. The summed E-state index contributed by atoms with van der Waals surface area (Å²) < 4.78 is 1.46. The second-order valence-corrected chi connectivity index (χ2v) is 5.18. The highest BCUT2D eigenvalue weighted by molar-refractivity contribution is 14.1. The third-order valence-electron chi connectivity index (χ3n) is 2.70. The topological polar surface area (TPSA) is 100 Å². The molecular weight excluding hydrogens is 375 g/mol. The van der Waals surface area contributed by atoms with Gasteiger partial charge < -0.3 is 10.6 Å².